The molecule has 0 aliphatic carbocycles. The van der Waals surface area contributed by atoms with Crippen molar-refractivity contribution in [2.24, 2.45) is 0 Å². The molecule has 26 heavy (non-hydrogen) atoms. The highest BCUT2D eigenvalue weighted by atomic mass is 32.2. The fraction of sp³-hybridized carbons (Fsp3) is 0.278. The van der Waals surface area contributed by atoms with Crippen molar-refractivity contribution >= 4 is 10.0 Å². The minimum absolute atomic E-state index is 0.0968. The first kappa shape index (κ1) is 16.9. The van der Waals surface area contributed by atoms with E-state index < -0.39 is 10.0 Å². The quantitative estimate of drug-likeness (QED) is 0.701. The molecule has 1 saturated heterocycles. The molecule has 0 unspecified atom stereocenters. The van der Waals surface area contributed by atoms with E-state index in [4.69, 9.17) is 4.52 Å². The molecule has 1 fully saturated rings. The van der Waals surface area contributed by atoms with Crippen LogP contribution in [0.15, 0.2) is 52.0 Å². The maximum Gasteiger partial charge on any atom is 0.243 e. The summed E-state index contributed by atoms with van der Waals surface area (Å²) in [6, 6.07) is 10.8. The van der Waals surface area contributed by atoms with Gasteiger partial charge >= 0.3 is 0 Å². The number of benzene rings is 1. The summed E-state index contributed by atoms with van der Waals surface area (Å²) >= 11 is 0. The maximum absolute atomic E-state index is 12.8. The molecule has 3 aromatic rings. The molecule has 0 bridgehead atoms. The summed E-state index contributed by atoms with van der Waals surface area (Å²) in [5, 5.41) is 3.94. The summed E-state index contributed by atoms with van der Waals surface area (Å²) in [6.07, 6.45) is 1.66. The van der Waals surface area contributed by atoms with Crippen LogP contribution in [0.5, 0.6) is 0 Å². The van der Waals surface area contributed by atoms with Crippen LogP contribution in [-0.4, -0.2) is 40.9 Å². The molecule has 3 heterocycles. The number of hydrogen-bond acceptors (Lipinski definition) is 6. The zero-order chi connectivity index (χ0) is 18.3. The van der Waals surface area contributed by atoms with Crippen LogP contribution < -0.4 is 0 Å². The number of sulfonamides is 1. The number of aryl methyl sites for hydroxylation is 2. The normalized spacial score (nSPS) is 15.8. The Morgan fingerprint density at radius 3 is 2.65 bits per heavy atom. The lowest BCUT2D eigenvalue weighted by Crippen LogP contribution is -2.48. The molecular formula is C18H18N4O3S. The predicted octanol–water partition coefficient (Wildman–Crippen LogP) is 2.54. The Labute approximate surface area is 151 Å². The van der Waals surface area contributed by atoms with Crippen molar-refractivity contribution in [1.29, 1.82) is 0 Å². The van der Waals surface area contributed by atoms with Crippen molar-refractivity contribution in [3.05, 3.63) is 59.6 Å². The fourth-order valence-electron chi connectivity index (χ4n) is 3.02. The van der Waals surface area contributed by atoms with E-state index in [0.717, 1.165) is 11.1 Å². The highest BCUT2D eigenvalue weighted by molar-refractivity contribution is 7.89. The first-order valence-electron chi connectivity index (χ1n) is 8.27. The Bertz CT molecular complexity index is 1040. The van der Waals surface area contributed by atoms with Gasteiger partial charge in [-0.25, -0.2) is 8.42 Å². The highest BCUT2D eigenvalue weighted by Crippen LogP contribution is 2.33. The van der Waals surface area contributed by atoms with Crippen molar-refractivity contribution in [2.45, 2.75) is 24.7 Å². The summed E-state index contributed by atoms with van der Waals surface area (Å²) in [5.74, 6) is 0.759. The van der Waals surface area contributed by atoms with E-state index in [-0.39, 0.29) is 5.92 Å². The van der Waals surface area contributed by atoms with Gasteiger partial charge < -0.3 is 4.52 Å². The minimum atomic E-state index is -3.50. The lowest BCUT2D eigenvalue weighted by molar-refractivity contribution is 0.216. The van der Waals surface area contributed by atoms with Crippen molar-refractivity contribution < 1.29 is 12.9 Å². The molecule has 8 heteroatoms. The van der Waals surface area contributed by atoms with Gasteiger partial charge in [0.1, 0.15) is 5.69 Å². The zero-order valence-corrected chi connectivity index (χ0v) is 15.3. The summed E-state index contributed by atoms with van der Waals surface area (Å²) in [5.41, 5.74) is 2.42. The van der Waals surface area contributed by atoms with Gasteiger partial charge in [0, 0.05) is 19.3 Å². The molecule has 4 rings (SSSR count). The lowest BCUT2D eigenvalue weighted by atomic mass is 10.0. The Balaban J connectivity index is 1.49. The zero-order valence-electron chi connectivity index (χ0n) is 14.5. The molecule has 7 nitrogen and oxygen atoms in total. The van der Waals surface area contributed by atoms with Crippen molar-refractivity contribution in [3.8, 4) is 11.5 Å². The van der Waals surface area contributed by atoms with Gasteiger partial charge in [-0.1, -0.05) is 28.9 Å². The van der Waals surface area contributed by atoms with E-state index in [1.165, 1.54) is 4.31 Å². The van der Waals surface area contributed by atoms with Crippen LogP contribution >= 0.6 is 0 Å². The van der Waals surface area contributed by atoms with Crippen molar-refractivity contribution in [1.82, 2.24) is 19.4 Å². The molecule has 0 N–H and O–H groups in total. The lowest BCUT2D eigenvalue weighted by Gasteiger charge is -2.36. The summed E-state index contributed by atoms with van der Waals surface area (Å²) in [6.45, 7) is 4.42. The monoisotopic (exact) mass is 370 g/mol. The second-order valence-corrected chi connectivity index (χ2v) is 8.37. The molecule has 0 amide bonds. The summed E-state index contributed by atoms with van der Waals surface area (Å²) in [4.78, 5) is 8.89. The molecular weight excluding hydrogens is 352 g/mol. The Hall–Kier alpha value is -2.58. The molecule has 134 valence electrons. The highest BCUT2D eigenvalue weighted by Gasteiger charge is 2.40. The van der Waals surface area contributed by atoms with Gasteiger partial charge in [0.15, 0.2) is 0 Å². The van der Waals surface area contributed by atoms with Gasteiger partial charge in [0.25, 0.3) is 0 Å². The first-order valence-corrected chi connectivity index (χ1v) is 9.71. The van der Waals surface area contributed by atoms with Crippen molar-refractivity contribution in [3.63, 3.8) is 0 Å². The third-order valence-electron chi connectivity index (χ3n) is 4.48. The van der Waals surface area contributed by atoms with E-state index in [1.807, 2.05) is 38.1 Å². The number of pyridine rings is 1. The van der Waals surface area contributed by atoms with Crippen LogP contribution in [0.2, 0.25) is 0 Å². The molecule has 2 aromatic heterocycles. The molecule has 0 radical (unpaired) electrons. The van der Waals surface area contributed by atoms with Gasteiger partial charge in [0.2, 0.25) is 21.7 Å². The minimum Gasteiger partial charge on any atom is -0.339 e. The van der Waals surface area contributed by atoms with Gasteiger partial charge in [-0.15, -0.1) is 0 Å². The van der Waals surface area contributed by atoms with E-state index in [1.54, 1.807) is 18.3 Å². The van der Waals surface area contributed by atoms with E-state index >= 15 is 0 Å². The summed E-state index contributed by atoms with van der Waals surface area (Å²) < 4.78 is 32.3. The summed E-state index contributed by atoms with van der Waals surface area (Å²) in [7, 11) is -3.50. The second kappa shape index (κ2) is 6.30. The molecule has 1 aliphatic rings. The molecule has 1 aliphatic heterocycles. The van der Waals surface area contributed by atoms with Crippen LogP contribution in [0, 0.1) is 13.8 Å². The average molecular weight is 370 g/mol. The smallest absolute Gasteiger partial charge is 0.243 e. The van der Waals surface area contributed by atoms with Gasteiger partial charge in [0.05, 0.1) is 10.8 Å². The van der Waals surface area contributed by atoms with Crippen LogP contribution in [0.4, 0.5) is 0 Å². The standard InChI is InChI=1S/C18H18N4O3S/c1-12-6-7-16(13(2)9-12)26(23,24)22-10-14(11-22)18-20-17(21-25-18)15-5-3-4-8-19-15/h3-9,14H,10-11H2,1-2H3. The number of hydrogen-bond donors (Lipinski definition) is 0. The number of rotatable bonds is 4. The third kappa shape index (κ3) is 2.91. The van der Waals surface area contributed by atoms with Crippen LogP contribution in [0.3, 0.4) is 0 Å². The first-order chi connectivity index (χ1) is 12.4. The Kier molecular flexibility index (Phi) is 4.08. The number of aromatic nitrogens is 3. The average Bonchev–Trinajstić information content (AvgIpc) is 3.03. The van der Waals surface area contributed by atoms with Gasteiger partial charge in [-0.2, -0.15) is 9.29 Å². The molecule has 1 aromatic carbocycles. The molecule has 0 spiro atoms. The second-order valence-electron chi connectivity index (χ2n) is 6.46. The molecule has 0 saturated carbocycles. The largest absolute Gasteiger partial charge is 0.339 e. The van der Waals surface area contributed by atoms with Gasteiger partial charge in [-0.3, -0.25) is 4.98 Å². The Morgan fingerprint density at radius 2 is 1.96 bits per heavy atom. The van der Waals surface area contributed by atoms with E-state index in [2.05, 4.69) is 15.1 Å². The maximum atomic E-state index is 12.8. The van der Waals surface area contributed by atoms with E-state index in [9.17, 15) is 8.42 Å². The van der Waals surface area contributed by atoms with E-state index in [0.29, 0.717) is 35.4 Å². The van der Waals surface area contributed by atoms with Crippen molar-refractivity contribution in [2.75, 3.05) is 13.1 Å². The number of nitrogens with zero attached hydrogens (tertiary/aromatic N) is 4. The topological polar surface area (TPSA) is 89.2 Å². The fourth-order valence-corrected chi connectivity index (χ4v) is 4.75. The third-order valence-corrected chi connectivity index (χ3v) is 6.47. The van der Waals surface area contributed by atoms with Crippen LogP contribution in [0.1, 0.15) is 22.9 Å². The molecule has 0 atom stereocenters. The predicted molar refractivity (Wildman–Crippen MR) is 94.9 cm³/mol. The Morgan fingerprint density at radius 1 is 1.15 bits per heavy atom. The van der Waals surface area contributed by atoms with Crippen LogP contribution in [0.25, 0.3) is 11.5 Å². The van der Waals surface area contributed by atoms with Gasteiger partial charge in [-0.05, 0) is 37.6 Å². The van der Waals surface area contributed by atoms with Crippen LogP contribution in [-0.2, 0) is 10.0 Å². The SMILES string of the molecule is Cc1ccc(S(=O)(=O)N2CC(c3nc(-c4ccccn4)no3)C2)c(C)c1.